The Balaban J connectivity index is 2.06. The molecule has 1 aromatic rings. The molecule has 1 aliphatic rings. The maximum atomic E-state index is 12.3. The Morgan fingerprint density at radius 3 is 2.84 bits per heavy atom. The second-order valence-electron chi connectivity index (χ2n) is 6.07. The van der Waals surface area contributed by atoms with Gasteiger partial charge >= 0.3 is 5.97 Å². The summed E-state index contributed by atoms with van der Waals surface area (Å²) >= 11 is 0. The highest BCUT2D eigenvalue weighted by molar-refractivity contribution is 5.87. The van der Waals surface area contributed by atoms with Gasteiger partial charge in [-0.15, -0.1) is 0 Å². The molecule has 1 saturated carbocycles. The van der Waals surface area contributed by atoms with Crippen molar-refractivity contribution in [1.29, 1.82) is 0 Å². The summed E-state index contributed by atoms with van der Waals surface area (Å²) in [5, 5.41) is 13.4. The van der Waals surface area contributed by atoms with Crippen LogP contribution in [-0.4, -0.2) is 35.7 Å². The quantitative estimate of drug-likeness (QED) is 0.474. The van der Waals surface area contributed by atoms with Crippen molar-refractivity contribution in [1.82, 2.24) is 5.32 Å². The van der Waals surface area contributed by atoms with Gasteiger partial charge in [0.2, 0.25) is 5.91 Å². The zero-order valence-electron chi connectivity index (χ0n) is 13.9. The van der Waals surface area contributed by atoms with Crippen LogP contribution in [0.25, 0.3) is 0 Å². The Hall–Kier alpha value is -2.77. The van der Waals surface area contributed by atoms with E-state index in [2.05, 4.69) is 5.32 Å². The lowest BCUT2D eigenvalue weighted by atomic mass is 9.83. The smallest absolute Gasteiger partial charge is 0.328 e. The van der Waals surface area contributed by atoms with E-state index in [1.807, 2.05) is 0 Å². The van der Waals surface area contributed by atoms with Crippen LogP contribution in [0.2, 0.25) is 0 Å². The van der Waals surface area contributed by atoms with Crippen LogP contribution in [0.15, 0.2) is 24.3 Å². The molecule has 0 bridgehead atoms. The number of esters is 1. The number of benzene rings is 1. The van der Waals surface area contributed by atoms with Crippen LogP contribution < -0.4 is 5.32 Å². The minimum Gasteiger partial charge on any atom is -0.467 e. The van der Waals surface area contributed by atoms with Crippen LogP contribution in [-0.2, 0) is 25.5 Å². The molecule has 1 aromatic carbocycles. The number of nitrogens with one attached hydrogen (secondary N) is 1. The number of nitrogens with zero attached hydrogens (tertiary/aromatic N) is 1. The molecule has 1 amide bonds. The number of nitro groups is 1. The molecule has 25 heavy (non-hydrogen) atoms. The van der Waals surface area contributed by atoms with Crippen molar-refractivity contribution in [2.45, 2.75) is 38.1 Å². The van der Waals surface area contributed by atoms with Crippen molar-refractivity contribution < 1.29 is 24.0 Å². The molecule has 2 atom stereocenters. The number of methoxy groups -OCH3 is 1. The third-order valence-corrected chi connectivity index (χ3v) is 4.25. The second kappa shape index (κ2) is 8.36. The van der Waals surface area contributed by atoms with Crippen LogP contribution in [0.4, 0.5) is 5.69 Å². The Bertz CT molecular complexity index is 687. The van der Waals surface area contributed by atoms with Gasteiger partial charge in [0.25, 0.3) is 5.69 Å². The average Bonchev–Trinajstić information content (AvgIpc) is 2.59. The van der Waals surface area contributed by atoms with Crippen LogP contribution in [0, 0.1) is 16.0 Å². The Kier molecular flexibility index (Phi) is 6.21. The largest absolute Gasteiger partial charge is 0.467 e. The van der Waals surface area contributed by atoms with Crippen LogP contribution in [0.5, 0.6) is 0 Å². The first kappa shape index (κ1) is 18.6. The summed E-state index contributed by atoms with van der Waals surface area (Å²) in [5.41, 5.74) is 0.364. The normalized spacial score (nSPS) is 18.3. The number of carbonyl (C=O) groups is 3. The number of ketones is 1. The van der Waals surface area contributed by atoms with Gasteiger partial charge in [-0.1, -0.05) is 12.1 Å². The second-order valence-corrected chi connectivity index (χ2v) is 6.07. The predicted octanol–water partition coefficient (Wildman–Crippen LogP) is 1.55. The van der Waals surface area contributed by atoms with Gasteiger partial charge in [0.1, 0.15) is 11.8 Å². The molecule has 0 spiro atoms. The lowest BCUT2D eigenvalue weighted by Crippen LogP contribution is -2.48. The van der Waals surface area contributed by atoms with Crippen molar-refractivity contribution in [2.24, 2.45) is 5.92 Å². The molecule has 134 valence electrons. The van der Waals surface area contributed by atoms with E-state index in [4.69, 9.17) is 4.74 Å². The van der Waals surface area contributed by atoms with E-state index in [0.717, 1.165) is 0 Å². The van der Waals surface area contributed by atoms with Gasteiger partial charge in [-0.3, -0.25) is 19.7 Å². The third-order valence-electron chi connectivity index (χ3n) is 4.25. The number of hydrogen-bond donors (Lipinski definition) is 1. The topological polar surface area (TPSA) is 116 Å². The van der Waals surface area contributed by atoms with E-state index in [1.54, 1.807) is 6.07 Å². The van der Waals surface area contributed by atoms with E-state index in [9.17, 15) is 24.5 Å². The molecule has 8 heteroatoms. The average molecular weight is 348 g/mol. The number of amides is 1. The Morgan fingerprint density at radius 2 is 2.20 bits per heavy atom. The molecular formula is C17H20N2O6. The highest BCUT2D eigenvalue weighted by Gasteiger charge is 2.34. The van der Waals surface area contributed by atoms with E-state index in [-0.39, 0.29) is 30.2 Å². The number of nitro benzene ring substituents is 1. The van der Waals surface area contributed by atoms with E-state index in [1.165, 1.54) is 25.3 Å². The first-order valence-electron chi connectivity index (χ1n) is 8.03. The van der Waals surface area contributed by atoms with Gasteiger partial charge in [0.15, 0.2) is 0 Å². The van der Waals surface area contributed by atoms with Gasteiger partial charge in [0, 0.05) is 25.0 Å². The van der Waals surface area contributed by atoms with Gasteiger partial charge in [-0.05, 0) is 24.3 Å². The summed E-state index contributed by atoms with van der Waals surface area (Å²) in [6.07, 6.45) is 1.96. The summed E-state index contributed by atoms with van der Waals surface area (Å²) in [5.74, 6) is -1.26. The lowest BCUT2D eigenvalue weighted by Gasteiger charge is -2.28. The lowest BCUT2D eigenvalue weighted by molar-refractivity contribution is -0.384. The number of ether oxygens (including phenoxy) is 1. The van der Waals surface area contributed by atoms with Gasteiger partial charge in [-0.25, -0.2) is 4.79 Å². The molecule has 8 nitrogen and oxygen atoms in total. The molecule has 1 fully saturated rings. The van der Waals surface area contributed by atoms with Crippen molar-refractivity contribution in [3.63, 3.8) is 0 Å². The van der Waals surface area contributed by atoms with Crippen molar-refractivity contribution in [2.75, 3.05) is 7.11 Å². The number of rotatable bonds is 6. The molecular weight excluding hydrogens is 328 g/mol. The minimum atomic E-state index is -0.888. The van der Waals surface area contributed by atoms with Gasteiger partial charge in [0.05, 0.1) is 18.5 Å². The highest BCUT2D eigenvalue weighted by Crippen LogP contribution is 2.25. The fraction of sp³-hybridized carbons (Fsp3) is 0.471. The maximum Gasteiger partial charge on any atom is 0.328 e. The van der Waals surface area contributed by atoms with E-state index in [0.29, 0.717) is 24.8 Å². The molecule has 0 radical (unpaired) electrons. The number of non-ortho nitro benzene ring substituents is 1. The fourth-order valence-electron chi connectivity index (χ4n) is 3.03. The van der Waals surface area contributed by atoms with Gasteiger partial charge < -0.3 is 10.1 Å². The zero-order valence-corrected chi connectivity index (χ0v) is 13.9. The molecule has 0 aromatic heterocycles. The maximum absolute atomic E-state index is 12.3. The summed E-state index contributed by atoms with van der Waals surface area (Å²) in [6, 6.07) is 4.87. The van der Waals surface area contributed by atoms with Crippen molar-refractivity contribution in [3.8, 4) is 0 Å². The Morgan fingerprint density at radius 1 is 1.44 bits per heavy atom. The van der Waals surface area contributed by atoms with Gasteiger partial charge in [-0.2, -0.15) is 0 Å². The number of carbonyl (C=O) groups excluding carboxylic acids is 3. The van der Waals surface area contributed by atoms with Crippen LogP contribution in [0.3, 0.4) is 0 Å². The standard InChI is InChI=1S/C17H20N2O6/c1-25-17(22)16(12-5-3-7-14(20)10-12)18-15(21)9-11-4-2-6-13(8-11)19(23)24/h2,4,6,8,12,16H,3,5,7,9-10H2,1H3,(H,18,21)/t12-,16+/m1/s1. The third kappa shape index (κ3) is 5.10. The van der Waals surface area contributed by atoms with Crippen LogP contribution >= 0.6 is 0 Å². The first-order valence-corrected chi connectivity index (χ1v) is 8.03. The molecule has 0 aliphatic heterocycles. The molecule has 0 saturated heterocycles. The van der Waals surface area contributed by atoms with E-state index < -0.39 is 22.8 Å². The zero-order chi connectivity index (χ0) is 18.4. The predicted molar refractivity (Wildman–Crippen MR) is 87.7 cm³/mol. The Labute approximate surface area is 144 Å². The SMILES string of the molecule is COC(=O)[C@@H](NC(=O)Cc1cccc([N+](=O)[O-])c1)[C@@H]1CCCC(=O)C1. The minimum absolute atomic E-state index is 0.0677. The molecule has 2 rings (SSSR count). The summed E-state index contributed by atoms with van der Waals surface area (Å²) in [4.78, 5) is 46.2. The fourth-order valence-corrected chi connectivity index (χ4v) is 3.03. The van der Waals surface area contributed by atoms with E-state index >= 15 is 0 Å². The molecule has 1 N–H and O–H groups in total. The first-order chi connectivity index (χ1) is 11.9. The summed E-state index contributed by atoms with van der Waals surface area (Å²) in [6.45, 7) is 0. The van der Waals surface area contributed by atoms with Crippen LogP contribution in [0.1, 0.15) is 31.2 Å². The molecule has 0 unspecified atom stereocenters. The molecule has 1 aliphatic carbocycles. The van der Waals surface area contributed by atoms with Crippen molar-refractivity contribution >= 4 is 23.3 Å². The summed E-state index contributed by atoms with van der Waals surface area (Å²) < 4.78 is 4.75. The number of Topliss-reactive ketones (excluding diaryl/α,β-unsaturated/α-hetero) is 1. The summed E-state index contributed by atoms with van der Waals surface area (Å²) in [7, 11) is 1.23. The highest BCUT2D eigenvalue weighted by atomic mass is 16.6. The van der Waals surface area contributed by atoms with Crippen molar-refractivity contribution in [3.05, 3.63) is 39.9 Å². The monoisotopic (exact) mass is 348 g/mol. The molecule has 0 heterocycles. The number of hydrogen-bond acceptors (Lipinski definition) is 6.